The van der Waals surface area contributed by atoms with Gasteiger partial charge in [-0.25, -0.2) is 9.59 Å². The van der Waals surface area contributed by atoms with Crippen LogP contribution >= 0.6 is 0 Å². The van der Waals surface area contributed by atoms with Gasteiger partial charge in [0.05, 0.1) is 0 Å². The number of unbranched alkanes of at least 4 members (excludes halogenated alkanes) is 1. The first-order valence-electron chi connectivity index (χ1n) is 6.92. The maximum Gasteiger partial charge on any atom is 0.326 e. The highest BCUT2D eigenvalue weighted by molar-refractivity contribution is 5.89. The largest absolute Gasteiger partial charge is 0.480 e. The molecule has 0 aromatic rings. The van der Waals surface area contributed by atoms with Gasteiger partial charge >= 0.3 is 12.0 Å². The molecule has 20 heavy (non-hydrogen) atoms. The summed E-state index contributed by atoms with van der Waals surface area (Å²) in [6, 6.07) is -2.56. The van der Waals surface area contributed by atoms with Gasteiger partial charge in [-0.3, -0.25) is 4.79 Å². The summed E-state index contributed by atoms with van der Waals surface area (Å²) >= 11 is 0. The molecule has 0 heterocycles. The lowest BCUT2D eigenvalue weighted by atomic mass is 9.98. The Bertz CT molecular complexity index is 347. The van der Waals surface area contributed by atoms with Crippen molar-refractivity contribution < 1.29 is 19.5 Å². The number of hydrogen-bond acceptors (Lipinski definition) is 3. The highest BCUT2D eigenvalue weighted by atomic mass is 16.4. The number of primary amides is 1. The Labute approximate surface area is 119 Å². The van der Waals surface area contributed by atoms with E-state index < -0.39 is 30.0 Å². The number of carbonyl (C=O) groups is 3. The SMILES string of the molecule is CCCCC(NC(=O)C(NC(N)=O)C(C)CC)C(=O)O. The van der Waals surface area contributed by atoms with Crippen molar-refractivity contribution >= 4 is 17.9 Å². The fourth-order valence-electron chi connectivity index (χ4n) is 1.78. The summed E-state index contributed by atoms with van der Waals surface area (Å²) in [6.45, 7) is 5.61. The van der Waals surface area contributed by atoms with E-state index in [0.29, 0.717) is 19.3 Å². The van der Waals surface area contributed by atoms with E-state index in [0.717, 1.165) is 6.42 Å². The van der Waals surface area contributed by atoms with E-state index in [1.165, 1.54) is 0 Å². The van der Waals surface area contributed by atoms with Crippen LogP contribution in [0.4, 0.5) is 4.79 Å². The molecule has 0 saturated carbocycles. The number of urea groups is 1. The number of carbonyl (C=O) groups excluding carboxylic acids is 2. The first-order chi connectivity index (χ1) is 9.33. The highest BCUT2D eigenvalue weighted by Crippen LogP contribution is 2.09. The second-order valence-corrected chi connectivity index (χ2v) is 4.91. The van der Waals surface area contributed by atoms with E-state index >= 15 is 0 Å². The normalized spacial score (nSPS) is 14.9. The fraction of sp³-hybridized carbons (Fsp3) is 0.769. The summed E-state index contributed by atoms with van der Waals surface area (Å²) in [5.74, 6) is -1.72. The summed E-state index contributed by atoms with van der Waals surface area (Å²) in [5, 5.41) is 13.9. The molecule has 0 bridgehead atoms. The molecule has 0 radical (unpaired) electrons. The Hall–Kier alpha value is -1.79. The lowest BCUT2D eigenvalue weighted by Crippen LogP contribution is -2.55. The van der Waals surface area contributed by atoms with Gasteiger partial charge in [0.15, 0.2) is 0 Å². The predicted octanol–water partition coefficient (Wildman–Crippen LogP) is 0.829. The van der Waals surface area contributed by atoms with Crippen molar-refractivity contribution in [1.29, 1.82) is 0 Å². The Balaban J connectivity index is 4.77. The second kappa shape index (κ2) is 9.17. The van der Waals surface area contributed by atoms with Crippen molar-refractivity contribution in [1.82, 2.24) is 10.6 Å². The van der Waals surface area contributed by atoms with Gasteiger partial charge in [0.25, 0.3) is 0 Å². The van der Waals surface area contributed by atoms with E-state index in [4.69, 9.17) is 10.8 Å². The van der Waals surface area contributed by atoms with Crippen LogP contribution in [-0.2, 0) is 9.59 Å². The Morgan fingerprint density at radius 3 is 2.20 bits per heavy atom. The minimum absolute atomic E-state index is 0.136. The summed E-state index contributed by atoms with van der Waals surface area (Å²) in [4.78, 5) is 34.2. The zero-order valence-corrected chi connectivity index (χ0v) is 12.3. The smallest absolute Gasteiger partial charge is 0.326 e. The maximum atomic E-state index is 12.1. The van der Waals surface area contributed by atoms with E-state index in [2.05, 4.69) is 10.6 Å². The zero-order chi connectivity index (χ0) is 15.7. The van der Waals surface area contributed by atoms with Crippen molar-refractivity contribution in [3.8, 4) is 0 Å². The van der Waals surface area contributed by atoms with Gasteiger partial charge in [-0.2, -0.15) is 0 Å². The molecule has 0 rings (SSSR count). The van der Waals surface area contributed by atoms with Gasteiger partial charge in [-0.15, -0.1) is 0 Å². The number of aliphatic carboxylic acids is 1. The first kappa shape index (κ1) is 18.2. The molecule has 0 aromatic heterocycles. The minimum Gasteiger partial charge on any atom is -0.480 e. The summed E-state index contributed by atoms with van der Waals surface area (Å²) in [7, 11) is 0. The molecule has 7 heteroatoms. The number of amides is 3. The topological polar surface area (TPSA) is 122 Å². The Morgan fingerprint density at radius 1 is 1.20 bits per heavy atom. The van der Waals surface area contributed by atoms with Crippen molar-refractivity contribution in [3.05, 3.63) is 0 Å². The molecule has 3 unspecified atom stereocenters. The summed E-state index contributed by atoms with van der Waals surface area (Å²) < 4.78 is 0. The molecular weight excluding hydrogens is 262 g/mol. The van der Waals surface area contributed by atoms with Crippen molar-refractivity contribution in [2.24, 2.45) is 11.7 Å². The first-order valence-corrected chi connectivity index (χ1v) is 6.92. The van der Waals surface area contributed by atoms with Gasteiger partial charge in [0.2, 0.25) is 5.91 Å². The lowest BCUT2D eigenvalue weighted by Gasteiger charge is -2.24. The maximum absolute atomic E-state index is 12.1. The van der Waals surface area contributed by atoms with Crippen LogP contribution in [0.15, 0.2) is 0 Å². The monoisotopic (exact) mass is 287 g/mol. The quantitative estimate of drug-likeness (QED) is 0.501. The molecular formula is C13H25N3O4. The Morgan fingerprint density at radius 2 is 1.80 bits per heavy atom. The van der Waals surface area contributed by atoms with Crippen molar-refractivity contribution in [3.63, 3.8) is 0 Å². The Kier molecular flexibility index (Phi) is 8.35. The fourth-order valence-corrected chi connectivity index (χ4v) is 1.78. The highest BCUT2D eigenvalue weighted by Gasteiger charge is 2.28. The van der Waals surface area contributed by atoms with E-state index in [1.807, 2.05) is 13.8 Å². The molecule has 0 saturated heterocycles. The number of rotatable bonds is 9. The number of nitrogens with one attached hydrogen (secondary N) is 2. The second-order valence-electron chi connectivity index (χ2n) is 4.91. The third-order valence-electron chi connectivity index (χ3n) is 3.25. The van der Waals surface area contributed by atoms with E-state index in [1.54, 1.807) is 6.92 Å². The van der Waals surface area contributed by atoms with Crippen LogP contribution in [0.25, 0.3) is 0 Å². The van der Waals surface area contributed by atoms with Crippen LogP contribution in [0.1, 0.15) is 46.5 Å². The average molecular weight is 287 g/mol. The molecule has 5 N–H and O–H groups in total. The van der Waals surface area contributed by atoms with E-state index in [-0.39, 0.29) is 5.92 Å². The van der Waals surface area contributed by atoms with Crippen LogP contribution in [0.2, 0.25) is 0 Å². The minimum atomic E-state index is -1.08. The van der Waals surface area contributed by atoms with Crippen LogP contribution < -0.4 is 16.4 Å². The molecule has 3 amide bonds. The molecule has 116 valence electrons. The van der Waals surface area contributed by atoms with Crippen LogP contribution in [0.3, 0.4) is 0 Å². The molecule has 0 aliphatic carbocycles. The van der Waals surface area contributed by atoms with Crippen molar-refractivity contribution in [2.75, 3.05) is 0 Å². The van der Waals surface area contributed by atoms with Crippen molar-refractivity contribution in [2.45, 2.75) is 58.5 Å². The summed E-state index contributed by atoms with van der Waals surface area (Å²) in [5.41, 5.74) is 5.05. The zero-order valence-electron chi connectivity index (χ0n) is 12.3. The molecule has 0 aliphatic rings. The number of nitrogens with two attached hydrogens (primary N) is 1. The summed E-state index contributed by atoms with van der Waals surface area (Å²) in [6.07, 6.45) is 2.56. The molecule has 0 spiro atoms. The number of carboxylic acid groups (broad SMARTS) is 1. The molecule has 0 aliphatic heterocycles. The van der Waals surface area contributed by atoms with Crippen LogP contribution in [0.5, 0.6) is 0 Å². The molecule has 0 aromatic carbocycles. The van der Waals surface area contributed by atoms with Gasteiger partial charge < -0.3 is 21.5 Å². The molecule has 7 nitrogen and oxygen atoms in total. The van der Waals surface area contributed by atoms with Gasteiger partial charge in [-0.1, -0.05) is 40.0 Å². The number of carboxylic acids is 1. The predicted molar refractivity (Wildman–Crippen MR) is 75.1 cm³/mol. The van der Waals surface area contributed by atoms with Gasteiger partial charge in [-0.05, 0) is 12.3 Å². The molecule has 0 fully saturated rings. The average Bonchev–Trinajstić information content (AvgIpc) is 2.38. The van der Waals surface area contributed by atoms with E-state index in [9.17, 15) is 14.4 Å². The van der Waals surface area contributed by atoms with Crippen LogP contribution in [-0.4, -0.2) is 35.1 Å². The lowest BCUT2D eigenvalue weighted by molar-refractivity contribution is -0.142. The third-order valence-corrected chi connectivity index (χ3v) is 3.25. The van der Waals surface area contributed by atoms with Gasteiger partial charge in [0, 0.05) is 0 Å². The molecule has 3 atom stereocenters. The van der Waals surface area contributed by atoms with Crippen LogP contribution in [0, 0.1) is 5.92 Å². The standard InChI is InChI=1S/C13H25N3O4/c1-4-6-7-9(12(18)19)15-11(17)10(8(3)5-2)16-13(14)20/h8-10H,4-7H2,1-3H3,(H,15,17)(H,18,19)(H3,14,16,20). The third kappa shape index (κ3) is 6.40. The number of hydrogen-bond donors (Lipinski definition) is 4. The van der Waals surface area contributed by atoms with Gasteiger partial charge in [0.1, 0.15) is 12.1 Å².